The molecule has 2 aromatic rings. The number of pyridine rings is 1. The summed E-state index contributed by atoms with van der Waals surface area (Å²) in [5, 5.41) is 3.77. The molecule has 1 amide bonds. The molecule has 22 heavy (non-hydrogen) atoms. The molecular formula is C15H18N4O3. The van der Waals surface area contributed by atoms with Gasteiger partial charge in [-0.3, -0.25) is 9.78 Å². The minimum Gasteiger partial charge on any atom is -0.399 e. The van der Waals surface area contributed by atoms with Crippen LogP contribution in [0.15, 0.2) is 22.7 Å². The van der Waals surface area contributed by atoms with Crippen LogP contribution in [0.3, 0.4) is 0 Å². The average molecular weight is 302 g/mol. The molecule has 2 aromatic heterocycles. The molecular weight excluding hydrogens is 284 g/mol. The van der Waals surface area contributed by atoms with E-state index in [4.69, 9.17) is 15.0 Å². The summed E-state index contributed by atoms with van der Waals surface area (Å²) in [7, 11) is 0. The highest BCUT2D eigenvalue weighted by Crippen LogP contribution is 2.23. The van der Waals surface area contributed by atoms with Gasteiger partial charge in [0.2, 0.25) is 0 Å². The van der Waals surface area contributed by atoms with Crippen LogP contribution in [-0.4, -0.2) is 40.6 Å². The Balaban J connectivity index is 1.78. The van der Waals surface area contributed by atoms with Crippen LogP contribution in [0.5, 0.6) is 0 Å². The zero-order valence-electron chi connectivity index (χ0n) is 12.6. The van der Waals surface area contributed by atoms with Gasteiger partial charge in [0.05, 0.1) is 18.8 Å². The lowest BCUT2D eigenvalue weighted by molar-refractivity contribution is -0.0250. The van der Waals surface area contributed by atoms with E-state index in [0.29, 0.717) is 36.8 Å². The molecule has 7 heteroatoms. The van der Waals surface area contributed by atoms with Gasteiger partial charge in [-0.25, -0.2) is 0 Å². The molecule has 3 rings (SSSR count). The van der Waals surface area contributed by atoms with Crippen molar-refractivity contribution in [2.45, 2.75) is 20.0 Å². The number of rotatable bonds is 2. The van der Waals surface area contributed by atoms with Crippen molar-refractivity contribution < 1.29 is 14.1 Å². The smallest absolute Gasteiger partial charge is 0.276 e. The summed E-state index contributed by atoms with van der Waals surface area (Å²) < 4.78 is 10.7. The first-order valence-electron chi connectivity index (χ1n) is 7.11. The van der Waals surface area contributed by atoms with E-state index in [1.54, 1.807) is 30.0 Å². The van der Waals surface area contributed by atoms with Crippen LogP contribution in [0.2, 0.25) is 0 Å². The van der Waals surface area contributed by atoms with E-state index in [-0.39, 0.29) is 12.0 Å². The third-order valence-electron chi connectivity index (χ3n) is 3.53. The van der Waals surface area contributed by atoms with E-state index in [1.807, 2.05) is 6.92 Å². The molecule has 116 valence electrons. The molecule has 0 spiro atoms. The molecule has 1 saturated heterocycles. The Hall–Kier alpha value is -2.41. The summed E-state index contributed by atoms with van der Waals surface area (Å²) in [6.07, 6.45) is -0.284. The predicted octanol–water partition coefficient (Wildman–Crippen LogP) is 1.48. The summed E-state index contributed by atoms with van der Waals surface area (Å²) in [6.45, 7) is 5.01. The lowest BCUT2D eigenvalue weighted by Gasteiger charge is -2.32. The molecule has 0 unspecified atom stereocenters. The Kier molecular flexibility index (Phi) is 3.81. The van der Waals surface area contributed by atoms with E-state index in [2.05, 4.69) is 10.1 Å². The Morgan fingerprint density at radius 1 is 1.36 bits per heavy atom. The first-order chi connectivity index (χ1) is 10.5. The van der Waals surface area contributed by atoms with Gasteiger partial charge in [0.15, 0.2) is 5.69 Å². The quantitative estimate of drug-likeness (QED) is 0.903. The van der Waals surface area contributed by atoms with Crippen molar-refractivity contribution in [3.05, 3.63) is 41.0 Å². The molecule has 1 fully saturated rings. The molecule has 0 aromatic carbocycles. The lowest BCUT2D eigenvalue weighted by Crippen LogP contribution is -2.42. The molecule has 1 aliphatic heterocycles. The monoisotopic (exact) mass is 302 g/mol. The lowest BCUT2D eigenvalue weighted by atomic mass is 10.1. The highest BCUT2D eigenvalue weighted by atomic mass is 16.5. The minimum absolute atomic E-state index is 0.161. The SMILES string of the molecule is Cc1cc(N)cc([C@@H]2CN(C(=O)c3cc(C)on3)CCO2)n1. The minimum atomic E-state index is -0.284. The summed E-state index contributed by atoms with van der Waals surface area (Å²) in [6, 6.07) is 5.22. The number of aromatic nitrogens is 2. The van der Waals surface area contributed by atoms with Crippen LogP contribution in [0.1, 0.15) is 33.7 Å². The largest absolute Gasteiger partial charge is 0.399 e. The molecule has 3 heterocycles. The second-order valence-corrected chi connectivity index (χ2v) is 5.40. The summed E-state index contributed by atoms with van der Waals surface area (Å²) in [5.74, 6) is 0.451. The third kappa shape index (κ3) is 2.94. The molecule has 0 bridgehead atoms. The zero-order valence-corrected chi connectivity index (χ0v) is 12.6. The van der Waals surface area contributed by atoms with Crippen LogP contribution in [0, 0.1) is 13.8 Å². The maximum absolute atomic E-state index is 12.4. The normalized spacial score (nSPS) is 18.5. The number of hydrogen-bond donors (Lipinski definition) is 1. The maximum Gasteiger partial charge on any atom is 0.276 e. The van der Waals surface area contributed by atoms with Gasteiger partial charge in [-0.15, -0.1) is 0 Å². The summed E-state index contributed by atoms with van der Waals surface area (Å²) >= 11 is 0. The average Bonchev–Trinajstić information content (AvgIpc) is 2.92. The first kappa shape index (κ1) is 14.5. The Morgan fingerprint density at radius 3 is 2.86 bits per heavy atom. The summed E-state index contributed by atoms with van der Waals surface area (Å²) in [4.78, 5) is 18.6. The Bertz CT molecular complexity index is 678. The van der Waals surface area contributed by atoms with Crippen molar-refractivity contribution in [3.8, 4) is 0 Å². The second-order valence-electron chi connectivity index (χ2n) is 5.40. The maximum atomic E-state index is 12.4. The fourth-order valence-electron chi connectivity index (χ4n) is 2.53. The number of nitrogen functional groups attached to an aromatic ring is 1. The Morgan fingerprint density at radius 2 is 2.18 bits per heavy atom. The first-order valence-corrected chi connectivity index (χ1v) is 7.11. The van der Waals surface area contributed by atoms with Crippen molar-refractivity contribution in [2.75, 3.05) is 25.4 Å². The number of morpholine rings is 1. The number of carbonyl (C=O) groups excluding carboxylic acids is 1. The predicted molar refractivity (Wildman–Crippen MR) is 79.2 cm³/mol. The number of aryl methyl sites for hydroxylation is 2. The fourth-order valence-corrected chi connectivity index (χ4v) is 2.53. The van der Waals surface area contributed by atoms with E-state index in [1.165, 1.54) is 0 Å². The number of hydrogen-bond acceptors (Lipinski definition) is 6. The molecule has 7 nitrogen and oxygen atoms in total. The van der Waals surface area contributed by atoms with Crippen molar-refractivity contribution in [1.82, 2.24) is 15.0 Å². The second kappa shape index (κ2) is 5.76. The van der Waals surface area contributed by atoms with E-state index in [9.17, 15) is 4.79 Å². The van der Waals surface area contributed by atoms with Crippen molar-refractivity contribution in [3.63, 3.8) is 0 Å². The van der Waals surface area contributed by atoms with Crippen LogP contribution < -0.4 is 5.73 Å². The highest BCUT2D eigenvalue weighted by Gasteiger charge is 2.28. The van der Waals surface area contributed by atoms with E-state index < -0.39 is 0 Å². The van der Waals surface area contributed by atoms with Crippen molar-refractivity contribution in [2.24, 2.45) is 0 Å². The standard InChI is InChI=1S/C15H18N4O3/c1-9-5-11(16)7-12(17-9)14-8-19(3-4-21-14)15(20)13-6-10(2)22-18-13/h5-7,14H,3-4,8H2,1-2H3,(H2,16,17)/t14-/m0/s1. The van der Waals surface area contributed by atoms with Crippen LogP contribution in [0.4, 0.5) is 5.69 Å². The van der Waals surface area contributed by atoms with E-state index >= 15 is 0 Å². The number of nitrogens with two attached hydrogens (primary N) is 1. The molecule has 2 N–H and O–H groups in total. The van der Waals surface area contributed by atoms with Crippen molar-refractivity contribution in [1.29, 1.82) is 0 Å². The number of anilines is 1. The van der Waals surface area contributed by atoms with Crippen molar-refractivity contribution >= 4 is 11.6 Å². The van der Waals surface area contributed by atoms with Gasteiger partial charge in [-0.05, 0) is 26.0 Å². The topological polar surface area (TPSA) is 94.5 Å². The number of amides is 1. The van der Waals surface area contributed by atoms with Gasteiger partial charge in [0.25, 0.3) is 5.91 Å². The highest BCUT2D eigenvalue weighted by molar-refractivity contribution is 5.92. The zero-order chi connectivity index (χ0) is 15.7. The van der Waals surface area contributed by atoms with E-state index in [0.717, 1.165) is 11.4 Å². The van der Waals surface area contributed by atoms with Gasteiger partial charge in [0.1, 0.15) is 11.9 Å². The van der Waals surface area contributed by atoms with Crippen LogP contribution in [0.25, 0.3) is 0 Å². The third-order valence-corrected chi connectivity index (χ3v) is 3.53. The summed E-state index contributed by atoms with van der Waals surface area (Å²) in [5.41, 5.74) is 8.38. The molecule has 1 aliphatic rings. The number of ether oxygens (including phenoxy) is 1. The number of nitrogens with zero attached hydrogens (tertiary/aromatic N) is 3. The van der Waals surface area contributed by atoms with Crippen LogP contribution >= 0.6 is 0 Å². The molecule has 0 saturated carbocycles. The van der Waals surface area contributed by atoms with Gasteiger partial charge >= 0.3 is 0 Å². The number of carbonyl (C=O) groups is 1. The molecule has 0 radical (unpaired) electrons. The van der Waals surface area contributed by atoms with Crippen LogP contribution in [-0.2, 0) is 4.74 Å². The fraction of sp³-hybridized carbons (Fsp3) is 0.400. The van der Waals surface area contributed by atoms with Gasteiger partial charge in [-0.1, -0.05) is 5.16 Å². The van der Waals surface area contributed by atoms with Gasteiger partial charge in [0, 0.05) is 24.0 Å². The Labute approximate surface area is 128 Å². The molecule has 0 aliphatic carbocycles. The van der Waals surface area contributed by atoms with Gasteiger partial charge < -0.3 is 19.9 Å². The van der Waals surface area contributed by atoms with Gasteiger partial charge in [-0.2, -0.15) is 0 Å². The molecule has 1 atom stereocenters.